The molecule has 2 amide bonds. The first-order chi connectivity index (χ1) is 14.8. The molecule has 0 spiro atoms. The van der Waals surface area contributed by atoms with Gasteiger partial charge in [0, 0.05) is 31.3 Å². The number of aliphatic carboxylic acids is 1. The van der Waals surface area contributed by atoms with Crippen molar-refractivity contribution >= 4 is 17.7 Å². The van der Waals surface area contributed by atoms with Crippen LogP contribution in [-0.2, 0) is 11.2 Å². The van der Waals surface area contributed by atoms with E-state index in [-0.39, 0.29) is 24.4 Å². The van der Waals surface area contributed by atoms with Gasteiger partial charge in [0.25, 0.3) is 0 Å². The summed E-state index contributed by atoms with van der Waals surface area (Å²) in [5, 5.41) is 11.6. The Kier molecular flexibility index (Phi) is 9.43. The summed E-state index contributed by atoms with van der Waals surface area (Å²) in [6, 6.07) is 8.99. The highest BCUT2D eigenvalue weighted by Crippen LogP contribution is 2.28. The lowest BCUT2D eigenvalue weighted by Crippen LogP contribution is -2.37. The fourth-order valence-corrected chi connectivity index (χ4v) is 3.29. The third-order valence-electron chi connectivity index (χ3n) is 5.16. The molecule has 0 saturated carbocycles. The number of carbonyl (C=O) groups excluding carboxylic acids is 1. The molecule has 0 aliphatic rings. The van der Waals surface area contributed by atoms with Gasteiger partial charge in [0.1, 0.15) is 11.6 Å². The highest BCUT2D eigenvalue weighted by Gasteiger charge is 2.15. The van der Waals surface area contributed by atoms with Crippen LogP contribution in [-0.4, -0.2) is 30.7 Å². The molecule has 0 atom stereocenters. The van der Waals surface area contributed by atoms with Gasteiger partial charge in [0.05, 0.1) is 0 Å². The molecule has 0 radical (unpaired) electrons. The summed E-state index contributed by atoms with van der Waals surface area (Å²) in [6.45, 7) is 2.75. The number of carboxylic acids is 1. The summed E-state index contributed by atoms with van der Waals surface area (Å²) >= 11 is 0. The lowest BCUT2D eigenvalue weighted by molar-refractivity contribution is -0.136. The molecule has 2 aromatic carbocycles. The standard InChI is InChI=1S/C24H30F2N2O3/c1-3-4-5-6-7-13-27-24(31)28(2)19-10-8-9-17(14-19)18-15-21(25)20(22(26)16-18)11-12-23(29)30/h8-10,14-16H,3-7,11-13H2,1-2H3,(H,27,31)(H,29,30). The lowest BCUT2D eigenvalue weighted by Gasteiger charge is -2.19. The van der Waals surface area contributed by atoms with Crippen LogP contribution in [0.1, 0.15) is 51.0 Å². The number of amides is 2. The average Bonchev–Trinajstić information content (AvgIpc) is 2.74. The van der Waals surface area contributed by atoms with E-state index >= 15 is 0 Å². The maximum Gasteiger partial charge on any atom is 0.321 e. The van der Waals surface area contributed by atoms with Gasteiger partial charge in [-0.3, -0.25) is 9.69 Å². The molecule has 0 fully saturated rings. The summed E-state index contributed by atoms with van der Waals surface area (Å²) in [5.74, 6) is -2.68. The van der Waals surface area contributed by atoms with E-state index in [1.165, 1.54) is 29.9 Å². The van der Waals surface area contributed by atoms with E-state index in [9.17, 15) is 18.4 Å². The minimum absolute atomic E-state index is 0.214. The van der Waals surface area contributed by atoms with E-state index in [2.05, 4.69) is 12.2 Å². The van der Waals surface area contributed by atoms with Crippen molar-refractivity contribution in [1.29, 1.82) is 0 Å². The number of hydrogen-bond donors (Lipinski definition) is 2. The van der Waals surface area contributed by atoms with E-state index in [0.717, 1.165) is 19.3 Å². The number of nitrogens with one attached hydrogen (secondary N) is 1. The quantitative estimate of drug-likeness (QED) is 0.443. The first kappa shape index (κ1) is 24.3. The highest BCUT2D eigenvalue weighted by atomic mass is 19.1. The van der Waals surface area contributed by atoms with Gasteiger partial charge in [-0.25, -0.2) is 13.6 Å². The van der Waals surface area contributed by atoms with Crippen LogP contribution in [0.5, 0.6) is 0 Å². The van der Waals surface area contributed by atoms with Crippen LogP contribution in [0.2, 0.25) is 0 Å². The Labute approximate surface area is 182 Å². The lowest BCUT2D eigenvalue weighted by atomic mass is 10.00. The van der Waals surface area contributed by atoms with E-state index in [0.29, 0.717) is 23.4 Å². The number of rotatable bonds is 11. The first-order valence-electron chi connectivity index (χ1n) is 10.6. The van der Waals surface area contributed by atoms with Crippen LogP contribution >= 0.6 is 0 Å². The van der Waals surface area contributed by atoms with Gasteiger partial charge < -0.3 is 10.4 Å². The fourth-order valence-electron chi connectivity index (χ4n) is 3.29. The molecule has 2 aromatic rings. The van der Waals surface area contributed by atoms with Gasteiger partial charge in [0.2, 0.25) is 0 Å². The molecule has 0 aliphatic heterocycles. The Bertz CT molecular complexity index is 879. The topological polar surface area (TPSA) is 69.6 Å². The van der Waals surface area contributed by atoms with Crippen molar-refractivity contribution < 1.29 is 23.5 Å². The summed E-state index contributed by atoms with van der Waals surface area (Å²) in [7, 11) is 1.64. The van der Waals surface area contributed by atoms with Crippen molar-refractivity contribution in [1.82, 2.24) is 5.32 Å². The molecular formula is C24H30F2N2O3. The van der Waals surface area contributed by atoms with Crippen molar-refractivity contribution in [2.45, 2.75) is 51.9 Å². The van der Waals surface area contributed by atoms with Crippen molar-refractivity contribution in [2.24, 2.45) is 0 Å². The zero-order chi connectivity index (χ0) is 22.8. The van der Waals surface area contributed by atoms with Crippen LogP contribution in [0.25, 0.3) is 11.1 Å². The smallest absolute Gasteiger partial charge is 0.321 e. The SMILES string of the molecule is CCCCCCCNC(=O)N(C)c1cccc(-c2cc(F)c(CCC(=O)O)c(F)c2)c1. The number of unbranched alkanes of at least 4 members (excludes halogenated alkanes) is 4. The molecule has 31 heavy (non-hydrogen) atoms. The number of benzene rings is 2. The summed E-state index contributed by atoms with van der Waals surface area (Å²) in [4.78, 5) is 24.6. The largest absolute Gasteiger partial charge is 0.481 e. The molecule has 0 aromatic heterocycles. The molecule has 2 rings (SSSR count). The van der Waals surface area contributed by atoms with Crippen molar-refractivity contribution in [3.05, 3.63) is 53.6 Å². The molecule has 0 aliphatic carbocycles. The van der Waals surface area contributed by atoms with E-state index in [1.54, 1.807) is 31.3 Å². The summed E-state index contributed by atoms with van der Waals surface area (Å²) in [5.41, 5.74) is 1.23. The second-order valence-electron chi connectivity index (χ2n) is 7.57. The number of halogens is 2. The Morgan fingerprint density at radius 3 is 2.32 bits per heavy atom. The predicted octanol–water partition coefficient (Wildman–Crippen LogP) is 5.77. The minimum atomic E-state index is -1.11. The van der Waals surface area contributed by atoms with Gasteiger partial charge in [-0.1, -0.05) is 44.7 Å². The molecule has 0 unspecified atom stereocenters. The monoisotopic (exact) mass is 432 g/mol. The Morgan fingerprint density at radius 1 is 1.00 bits per heavy atom. The first-order valence-corrected chi connectivity index (χ1v) is 10.6. The van der Waals surface area contributed by atoms with Gasteiger partial charge in [-0.05, 0) is 48.2 Å². The van der Waals surface area contributed by atoms with E-state index in [1.807, 2.05) is 0 Å². The number of carbonyl (C=O) groups is 2. The second kappa shape index (κ2) is 12.0. The number of carboxylic acid groups (broad SMARTS) is 1. The summed E-state index contributed by atoms with van der Waals surface area (Å²) in [6.07, 6.45) is 4.97. The maximum absolute atomic E-state index is 14.4. The molecule has 0 bridgehead atoms. The van der Waals surface area contributed by atoms with E-state index in [4.69, 9.17) is 5.11 Å². The van der Waals surface area contributed by atoms with Crippen LogP contribution < -0.4 is 10.2 Å². The Balaban J connectivity index is 2.07. The molecule has 2 N–H and O–H groups in total. The molecular weight excluding hydrogens is 402 g/mol. The van der Waals surface area contributed by atoms with E-state index < -0.39 is 17.6 Å². The predicted molar refractivity (Wildman–Crippen MR) is 118 cm³/mol. The van der Waals surface area contributed by atoms with Crippen LogP contribution in [0.3, 0.4) is 0 Å². The summed E-state index contributed by atoms with van der Waals surface area (Å²) < 4.78 is 28.8. The second-order valence-corrected chi connectivity index (χ2v) is 7.57. The van der Waals surface area contributed by atoms with Gasteiger partial charge in [-0.2, -0.15) is 0 Å². The van der Waals surface area contributed by atoms with Gasteiger partial charge >= 0.3 is 12.0 Å². The number of anilines is 1. The molecule has 0 saturated heterocycles. The number of hydrogen-bond acceptors (Lipinski definition) is 2. The maximum atomic E-state index is 14.4. The zero-order valence-electron chi connectivity index (χ0n) is 18.1. The van der Waals surface area contributed by atoms with Gasteiger partial charge in [0.15, 0.2) is 0 Å². The Hall–Kier alpha value is -2.96. The number of urea groups is 1. The van der Waals surface area contributed by atoms with Crippen molar-refractivity contribution in [3.8, 4) is 11.1 Å². The van der Waals surface area contributed by atoms with Crippen LogP contribution in [0, 0.1) is 11.6 Å². The van der Waals surface area contributed by atoms with Gasteiger partial charge in [-0.15, -0.1) is 0 Å². The molecule has 7 heteroatoms. The Morgan fingerprint density at radius 2 is 1.68 bits per heavy atom. The number of nitrogens with zero attached hydrogens (tertiary/aromatic N) is 1. The third kappa shape index (κ3) is 7.35. The molecule has 168 valence electrons. The zero-order valence-corrected chi connectivity index (χ0v) is 18.1. The van der Waals surface area contributed by atoms with Crippen molar-refractivity contribution in [2.75, 3.05) is 18.5 Å². The fraction of sp³-hybridized carbons (Fsp3) is 0.417. The van der Waals surface area contributed by atoms with Crippen molar-refractivity contribution in [3.63, 3.8) is 0 Å². The van der Waals surface area contributed by atoms with Crippen LogP contribution in [0.15, 0.2) is 36.4 Å². The highest BCUT2D eigenvalue weighted by molar-refractivity contribution is 5.92. The molecule has 0 heterocycles. The minimum Gasteiger partial charge on any atom is -0.481 e. The molecule has 5 nitrogen and oxygen atoms in total. The normalized spacial score (nSPS) is 10.7. The average molecular weight is 433 g/mol. The van der Waals surface area contributed by atoms with Crippen LogP contribution in [0.4, 0.5) is 19.3 Å². The third-order valence-corrected chi connectivity index (χ3v) is 5.16.